The van der Waals surface area contributed by atoms with E-state index in [0.29, 0.717) is 12.1 Å². The van der Waals surface area contributed by atoms with Gasteiger partial charge in [-0.25, -0.2) is 0 Å². The molecule has 2 aliphatic rings. The van der Waals surface area contributed by atoms with Crippen LogP contribution in [-0.4, -0.2) is 18.0 Å². The Morgan fingerprint density at radius 3 is 2.56 bits per heavy atom. The minimum Gasteiger partial charge on any atom is -0.353 e. The van der Waals surface area contributed by atoms with Crippen molar-refractivity contribution in [1.82, 2.24) is 5.32 Å². The monoisotopic (exact) mass is 224 g/mol. The molecule has 2 aliphatic carbocycles. The van der Waals surface area contributed by atoms with Gasteiger partial charge in [-0.2, -0.15) is 0 Å². The van der Waals surface area contributed by atoms with Crippen LogP contribution in [0.3, 0.4) is 0 Å². The summed E-state index contributed by atoms with van der Waals surface area (Å²) in [5, 5.41) is 3.15. The third-order valence-corrected chi connectivity index (χ3v) is 4.34. The van der Waals surface area contributed by atoms with Gasteiger partial charge in [0.05, 0.1) is 0 Å². The number of hydrogen-bond donors (Lipinski definition) is 2. The second-order valence-electron chi connectivity index (χ2n) is 6.22. The van der Waals surface area contributed by atoms with Crippen LogP contribution in [-0.2, 0) is 4.79 Å². The standard InChI is InChI=1S/C13H24N2O/c1-13(2)6-4-3-5-11(13)12(16)15-10-7-9(14)8-10/h9-11H,3-8,14H2,1-2H3,(H,15,16). The van der Waals surface area contributed by atoms with E-state index in [0.717, 1.165) is 19.3 Å². The van der Waals surface area contributed by atoms with Crippen molar-refractivity contribution in [3.8, 4) is 0 Å². The maximum Gasteiger partial charge on any atom is 0.223 e. The van der Waals surface area contributed by atoms with Crippen LogP contribution in [0.5, 0.6) is 0 Å². The van der Waals surface area contributed by atoms with E-state index in [2.05, 4.69) is 19.2 Å². The lowest BCUT2D eigenvalue weighted by atomic mass is 9.68. The van der Waals surface area contributed by atoms with Crippen LogP contribution in [0.2, 0.25) is 0 Å². The van der Waals surface area contributed by atoms with Gasteiger partial charge < -0.3 is 11.1 Å². The second-order valence-corrected chi connectivity index (χ2v) is 6.22. The second kappa shape index (κ2) is 4.36. The zero-order valence-electron chi connectivity index (χ0n) is 10.5. The highest BCUT2D eigenvalue weighted by Crippen LogP contribution is 2.40. The summed E-state index contributed by atoms with van der Waals surface area (Å²) in [7, 11) is 0. The van der Waals surface area contributed by atoms with E-state index < -0.39 is 0 Å². The van der Waals surface area contributed by atoms with Crippen molar-refractivity contribution in [2.45, 2.75) is 64.5 Å². The van der Waals surface area contributed by atoms with E-state index in [9.17, 15) is 4.79 Å². The van der Waals surface area contributed by atoms with Crippen LogP contribution in [0, 0.1) is 11.3 Å². The predicted molar refractivity (Wildman–Crippen MR) is 64.9 cm³/mol. The zero-order chi connectivity index (χ0) is 11.8. The molecule has 3 heteroatoms. The van der Waals surface area contributed by atoms with Crippen LogP contribution >= 0.6 is 0 Å². The molecule has 0 saturated heterocycles. The first kappa shape index (κ1) is 11.9. The molecule has 0 heterocycles. The van der Waals surface area contributed by atoms with Crippen molar-refractivity contribution in [1.29, 1.82) is 0 Å². The van der Waals surface area contributed by atoms with Crippen LogP contribution in [0.4, 0.5) is 0 Å². The van der Waals surface area contributed by atoms with Gasteiger partial charge in [0, 0.05) is 18.0 Å². The van der Waals surface area contributed by atoms with E-state index in [-0.39, 0.29) is 17.2 Å². The molecule has 2 fully saturated rings. The summed E-state index contributed by atoms with van der Waals surface area (Å²) in [6.45, 7) is 4.45. The van der Waals surface area contributed by atoms with Gasteiger partial charge in [-0.1, -0.05) is 26.7 Å². The molecule has 3 nitrogen and oxygen atoms in total. The quantitative estimate of drug-likeness (QED) is 0.751. The molecule has 3 N–H and O–H groups in total. The number of amides is 1. The highest BCUT2D eigenvalue weighted by molar-refractivity contribution is 5.80. The van der Waals surface area contributed by atoms with Crippen molar-refractivity contribution >= 4 is 5.91 Å². The van der Waals surface area contributed by atoms with Crippen molar-refractivity contribution < 1.29 is 4.79 Å². The molecule has 0 spiro atoms. The molecular formula is C13H24N2O. The fourth-order valence-electron chi connectivity index (χ4n) is 3.06. The minimum absolute atomic E-state index is 0.175. The SMILES string of the molecule is CC1(C)CCCCC1C(=O)NC1CC(N)C1. The highest BCUT2D eigenvalue weighted by atomic mass is 16.2. The molecule has 0 bridgehead atoms. The summed E-state index contributed by atoms with van der Waals surface area (Å²) in [5.41, 5.74) is 5.90. The van der Waals surface area contributed by atoms with Gasteiger partial charge in [0.2, 0.25) is 5.91 Å². The van der Waals surface area contributed by atoms with E-state index in [1.165, 1.54) is 19.3 Å². The molecule has 2 rings (SSSR count). The lowest BCUT2D eigenvalue weighted by molar-refractivity contribution is -0.131. The maximum absolute atomic E-state index is 12.2. The Labute approximate surface area is 98.2 Å². The summed E-state index contributed by atoms with van der Waals surface area (Å²) < 4.78 is 0. The summed E-state index contributed by atoms with van der Waals surface area (Å²) in [6, 6.07) is 0.657. The Balaban J connectivity index is 1.88. The minimum atomic E-state index is 0.175. The Kier molecular flexibility index (Phi) is 3.24. The number of nitrogens with one attached hydrogen (secondary N) is 1. The summed E-state index contributed by atoms with van der Waals surface area (Å²) in [6.07, 6.45) is 6.61. The largest absolute Gasteiger partial charge is 0.353 e. The number of carbonyl (C=O) groups is 1. The average molecular weight is 224 g/mol. The van der Waals surface area contributed by atoms with E-state index in [1.54, 1.807) is 0 Å². The fraction of sp³-hybridized carbons (Fsp3) is 0.923. The topological polar surface area (TPSA) is 55.1 Å². The van der Waals surface area contributed by atoms with Crippen molar-refractivity contribution in [2.75, 3.05) is 0 Å². The van der Waals surface area contributed by atoms with E-state index in [1.807, 2.05) is 0 Å². The molecule has 0 aromatic rings. The molecule has 2 saturated carbocycles. The lowest BCUT2D eigenvalue weighted by Gasteiger charge is -2.40. The first-order valence-corrected chi connectivity index (χ1v) is 6.55. The maximum atomic E-state index is 12.2. The normalized spacial score (nSPS) is 37.6. The molecule has 92 valence electrons. The lowest BCUT2D eigenvalue weighted by Crippen LogP contribution is -2.53. The predicted octanol–water partition coefficient (Wildman–Crippen LogP) is 1.81. The van der Waals surface area contributed by atoms with E-state index >= 15 is 0 Å². The average Bonchev–Trinajstić information content (AvgIpc) is 2.14. The molecule has 0 aromatic heterocycles. The van der Waals surface area contributed by atoms with Crippen LogP contribution in [0.15, 0.2) is 0 Å². The van der Waals surface area contributed by atoms with Gasteiger partial charge in [-0.15, -0.1) is 0 Å². The van der Waals surface area contributed by atoms with Crippen LogP contribution in [0.25, 0.3) is 0 Å². The summed E-state index contributed by atoms with van der Waals surface area (Å²) in [4.78, 5) is 12.2. The van der Waals surface area contributed by atoms with Crippen molar-refractivity contribution in [3.05, 3.63) is 0 Å². The molecule has 1 amide bonds. The Morgan fingerprint density at radius 2 is 2.00 bits per heavy atom. The van der Waals surface area contributed by atoms with Gasteiger partial charge in [-0.3, -0.25) is 4.79 Å². The molecule has 0 radical (unpaired) electrons. The van der Waals surface area contributed by atoms with Crippen LogP contribution in [0.1, 0.15) is 52.4 Å². The van der Waals surface area contributed by atoms with Gasteiger partial charge >= 0.3 is 0 Å². The molecule has 1 atom stereocenters. The first-order chi connectivity index (χ1) is 7.49. The van der Waals surface area contributed by atoms with Gasteiger partial charge in [0.1, 0.15) is 0 Å². The Morgan fingerprint density at radius 1 is 1.31 bits per heavy atom. The number of nitrogens with two attached hydrogens (primary N) is 1. The van der Waals surface area contributed by atoms with Gasteiger partial charge in [0.25, 0.3) is 0 Å². The van der Waals surface area contributed by atoms with E-state index in [4.69, 9.17) is 5.73 Å². The molecule has 0 aliphatic heterocycles. The number of hydrogen-bond acceptors (Lipinski definition) is 2. The Hall–Kier alpha value is -0.570. The zero-order valence-corrected chi connectivity index (χ0v) is 10.5. The third-order valence-electron chi connectivity index (χ3n) is 4.34. The molecule has 1 unspecified atom stereocenters. The number of carbonyl (C=O) groups excluding carboxylic acids is 1. The smallest absolute Gasteiger partial charge is 0.223 e. The molecule has 0 aromatic carbocycles. The van der Waals surface area contributed by atoms with Gasteiger partial charge in [0.15, 0.2) is 0 Å². The Bertz CT molecular complexity index is 269. The summed E-state index contributed by atoms with van der Waals surface area (Å²) in [5.74, 6) is 0.472. The molecule has 16 heavy (non-hydrogen) atoms. The van der Waals surface area contributed by atoms with Crippen molar-refractivity contribution in [3.63, 3.8) is 0 Å². The first-order valence-electron chi connectivity index (χ1n) is 6.55. The number of rotatable bonds is 2. The fourth-order valence-corrected chi connectivity index (χ4v) is 3.06. The third kappa shape index (κ3) is 2.40. The van der Waals surface area contributed by atoms with Gasteiger partial charge in [-0.05, 0) is 31.1 Å². The van der Waals surface area contributed by atoms with Crippen molar-refractivity contribution in [2.24, 2.45) is 17.1 Å². The molecular weight excluding hydrogens is 200 g/mol. The summed E-state index contributed by atoms with van der Waals surface area (Å²) >= 11 is 0. The highest BCUT2D eigenvalue weighted by Gasteiger charge is 2.38. The van der Waals surface area contributed by atoms with Crippen LogP contribution < -0.4 is 11.1 Å².